The molecule has 0 spiro atoms. The van der Waals surface area contributed by atoms with Gasteiger partial charge in [-0.15, -0.1) is 0 Å². The van der Waals surface area contributed by atoms with Crippen LogP contribution in [-0.2, 0) is 17.6 Å². The van der Waals surface area contributed by atoms with Crippen molar-refractivity contribution in [3.63, 3.8) is 0 Å². The molecule has 100 valence electrons. The van der Waals surface area contributed by atoms with Crippen LogP contribution in [0.5, 0.6) is 0 Å². The van der Waals surface area contributed by atoms with Crippen LogP contribution in [0.2, 0.25) is 0 Å². The van der Waals surface area contributed by atoms with E-state index >= 15 is 0 Å². The van der Waals surface area contributed by atoms with Crippen LogP contribution in [0.1, 0.15) is 43.2 Å². The highest BCUT2D eigenvalue weighted by molar-refractivity contribution is 5.92. The van der Waals surface area contributed by atoms with E-state index in [9.17, 15) is 4.79 Å². The molecule has 2 aliphatic rings. The fourth-order valence-electron chi connectivity index (χ4n) is 3.20. The Bertz CT molecular complexity index is 504. The molecule has 2 heteroatoms. The zero-order valence-corrected chi connectivity index (χ0v) is 11.3. The van der Waals surface area contributed by atoms with E-state index in [1.165, 1.54) is 24.0 Å². The summed E-state index contributed by atoms with van der Waals surface area (Å²) >= 11 is 0. The normalized spacial score (nSPS) is 21.2. The topological polar surface area (TPSA) is 29.1 Å². The molecular formula is C17H21NO. The van der Waals surface area contributed by atoms with Gasteiger partial charge in [0.2, 0.25) is 5.91 Å². The summed E-state index contributed by atoms with van der Waals surface area (Å²) in [5.41, 5.74) is 3.83. The number of fused-ring (bicyclic) bond motifs is 1. The highest BCUT2D eigenvalue weighted by Crippen LogP contribution is 2.28. The quantitative estimate of drug-likeness (QED) is 0.816. The van der Waals surface area contributed by atoms with Gasteiger partial charge < -0.3 is 5.32 Å². The van der Waals surface area contributed by atoms with Crippen LogP contribution < -0.4 is 5.32 Å². The maximum atomic E-state index is 12.1. The van der Waals surface area contributed by atoms with Crippen LogP contribution in [0.4, 0.5) is 5.69 Å². The van der Waals surface area contributed by atoms with E-state index in [-0.39, 0.29) is 5.91 Å². The van der Waals surface area contributed by atoms with Crippen molar-refractivity contribution in [1.29, 1.82) is 0 Å². The van der Waals surface area contributed by atoms with Crippen LogP contribution in [0.15, 0.2) is 30.4 Å². The lowest BCUT2D eigenvalue weighted by Crippen LogP contribution is -2.17. The Morgan fingerprint density at radius 1 is 1.26 bits per heavy atom. The lowest BCUT2D eigenvalue weighted by atomic mass is 9.90. The highest BCUT2D eigenvalue weighted by atomic mass is 16.1. The maximum Gasteiger partial charge on any atom is 0.224 e. The second-order valence-corrected chi connectivity index (χ2v) is 5.67. The highest BCUT2D eigenvalue weighted by Gasteiger charge is 2.17. The van der Waals surface area contributed by atoms with Gasteiger partial charge in [-0.1, -0.05) is 24.3 Å². The van der Waals surface area contributed by atoms with Crippen molar-refractivity contribution in [3.05, 3.63) is 41.5 Å². The van der Waals surface area contributed by atoms with E-state index in [2.05, 4.69) is 29.6 Å². The fourth-order valence-corrected chi connectivity index (χ4v) is 3.20. The van der Waals surface area contributed by atoms with E-state index in [4.69, 9.17) is 0 Å². The minimum atomic E-state index is 0.163. The standard InChI is InChI=1S/C17H21NO/c19-17(12-13-6-1-2-7-13)18-16-11-5-9-14-8-3-4-10-15(14)16/h1,5-6,9,11,13H,2-4,7-8,10,12H2,(H,18,19)/t13-/m0/s1. The number of nitrogens with one attached hydrogen (secondary N) is 1. The summed E-state index contributed by atoms with van der Waals surface area (Å²) in [7, 11) is 0. The number of allylic oxidation sites excluding steroid dienone is 2. The number of rotatable bonds is 3. The van der Waals surface area contributed by atoms with E-state index < -0.39 is 0 Å². The van der Waals surface area contributed by atoms with Crippen molar-refractivity contribution < 1.29 is 4.79 Å². The Balaban J connectivity index is 1.69. The van der Waals surface area contributed by atoms with Crippen LogP contribution in [0.3, 0.4) is 0 Å². The molecule has 0 bridgehead atoms. The first-order valence-corrected chi connectivity index (χ1v) is 7.40. The zero-order chi connectivity index (χ0) is 13.1. The molecule has 0 unspecified atom stereocenters. The molecule has 0 fully saturated rings. The van der Waals surface area contributed by atoms with Crippen LogP contribution in [-0.4, -0.2) is 5.91 Å². The third-order valence-electron chi connectivity index (χ3n) is 4.23. The van der Waals surface area contributed by atoms with Gasteiger partial charge in [0.25, 0.3) is 0 Å². The van der Waals surface area contributed by atoms with E-state index in [1.54, 1.807) is 0 Å². The average molecular weight is 255 g/mol. The Morgan fingerprint density at radius 3 is 3.00 bits per heavy atom. The molecule has 0 heterocycles. The molecule has 19 heavy (non-hydrogen) atoms. The van der Waals surface area contributed by atoms with Gasteiger partial charge in [-0.2, -0.15) is 0 Å². The third kappa shape index (κ3) is 2.89. The summed E-state index contributed by atoms with van der Waals surface area (Å²) in [5, 5.41) is 3.12. The first-order valence-electron chi connectivity index (χ1n) is 7.40. The van der Waals surface area contributed by atoms with Crippen LogP contribution in [0.25, 0.3) is 0 Å². The van der Waals surface area contributed by atoms with Gasteiger partial charge in [-0.25, -0.2) is 0 Å². The van der Waals surface area contributed by atoms with Crippen molar-refractivity contribution in [1.82, 2.24) is 0 Å². The molecule has 1 atom stereocenters. The lowest BCUT2D eigenvalue weighted by Gasteiger charge is -2.20. The second-order valence-electron chi connectivity index (χ2n) is 5.67. The number of benzene rings is 1. The molecule has 0 aliphatic heterocycles. The molecule has 1 aromatic carbocycles. The van der Waals surface area contributed by atoms with Crippen molar-refractivity contribution in [2.45, 2.75) is 44.9 Å². The molecule has 2 aliphatic carbocycles. The first-order chi connectivity index (χ1) is 9.33. The molecule has 0 radical (unpaired) electrons. The van der Waals surface area contributed by atoms with Crippen molar-refractivity contribution in [2.24, 2.45) is 5.92 Å². The summed E-state index contributed by atoms with van der Waals surface area (Å²) in [4.78, 5) is 12.1. The second kappa shape index (κ2) is 5.60. The molecule has 0 aromatic heterocycles. The monoisotopic (exact) mass is 255 g/mol. The minimum Gasteiger partial charge on any atom is -0.326 e. The minimum absolute atomic E-state index is 0.163. The van der Waals surface area contributed by atoms with Crippen LogP contribution in [0, 0.1) is 5.92 Å². The van der Waals surface area contributed by atoms with Crippen molar-refractivity contribution >= 4 is 11.6 Å². The first kappa shape index (κ1) is 12.5. The Morgan fingerprint density at radius 2 is 2.16 bits per heavy atom. The molecular weight excluding hydrogens is 234 g/mol. The SMILES string of the molecule is O=C(C[C@H]1C=CCC1)Nc1cccc2c1CCCC2. The Hall–Kier alpha value is -1.57. The maximum absolute atomic E-state index is 12.1. The fraction of sp³-hybridized carbons (Fsp3) is 0.471. The van der Waals surface area contributed by atoms with E-state index in [0.29, 0.717) is 12.3 Å². The molecule has 2 nitrogen and oxygen atoms in total. The van der Waals surface area contributed by atoms with Gasteiger partial charge in [-0.05, 0) is 61.6 Å². The number of amides is 1. The Labute approximate surface area is 114 Å². The van der Waals surface area contributed by atoms with E-state index in [1.807, 2.05) is 6.07 Å². The van der Waals surface area contributed by atoms with Crippen molar-refractivity contribution in [2.75, 3.05) is 5.32 Å². The number of anilines is 1. The number of hydrogen-bond acceptors (Lipinski definition) is 1. The van der Waals surface area contributed by atoms with Crippen LogP contribution >= 0.6 is 0 Å². The average Bonchev–Trinajstić information content (AvgIpc) is 2.92. The summed E-state index contributed by atoms with van der Waals surface area (Å²) in [6.45, 7) is 0. The van der Waals surface area contributed by atoms with Gasteiger partial charge in [-0.3, -0.25) is 4.79 Å². The lowest BCUT2D eigenvalue weighted by molar-refractivity contribution is -0.116. The van der Waals surface area contributed by atoms with Gasteiger partial charge in [0, 0.05) is 12.1 Å². The molecule has 1 amide bonds. The predicted octanol–water partition coefficient (Wildman–Crippen LogP) is 3.86. The number of aryl methyl sites for hydroxylation is 1. The largest absolute Gasteiger partial charge is 0.326 e. The van der Waals surface area contributed by atoms with Gasteiger partial charge >= 0.3 is 0 Å². The summed E-state index contributed by atoms with van der Waals surface area (Å²) in [6.07, 6.45) is 12.0. The number of hydrogen-bond donors (Lipinski definition) is 1. The molecule has 1 N–H and O–H groups in total. The third-order valence-corrected chi connectivity index (χ3v) is 4.23. The van der Waals surface area contributed by atoms with Crippen molar-refractivity contribution in [3.8, 4) is 0 Å². The Kier molecular flexibility index (Phi) is 3.67. The molecule has 3 rings (SSSR count). The number of carbonyl (C=O) groups excluding carboxylic acids is 1. The summed E-state index contributed by atoms with van der Waals surface area (Å²) in [5.74, 6) is 0.607. The van der Waals surface area contributed by atoms with Gasteiger partial charge in [0.05, 0.1) is 0 Å². The molecule has 0 saturated heterocycles. The van der Waals surface area contributed by atoms with E-state index in [0.717, 1.165) is 31.4 Å². The molecule has 0 saturated carbocycles. The zero-order valence-electron chi connectivity index (χ0n) is 11.3. The smallest absolute Gasteiger partial charge is 0.224 e. The summed E-state index contributed by atoms with van der Waals surface area (Å²) < 4.78 is 0. The predicted molar refractivity (Wildman–Crippen MR) is 78.2 cm³/mol. The molecule has 1 aromatic rings. The van der Waals surface area contributed by atoms with Gasteiger partial charge in [0.15, 0.2) is 0 Å². The number of carbonyl (C=O) groups is 1. The summed E-state index contributed by atoms with van der Waals surface area (Å²) in [6, 6.07) is 6.31. The van der Waals surface area contributed by atoms with Gasteiger partial charge in [0.1, 0.15) is 0 Å².